The number of carbonyl (C=O) groups excluding carboxylic acids is 2. The molecule has 0 spiro atoms. The zero-order valence-electron chi connectivity index (χ0n) is 7.01. The summed E-state index contributed by atoms with van der Waals surface area (Å²) in [7, 11) is 0. The van der Waals surface area contributed by atoms with E-state index in [-0.39, 0.29) is 0 Å². The standard InChI is InChI=1S/C5H4O3.C3H8/c1-3-2-4(6)8-5(3)7;1-3-2/h2H,1H3;3H2,1-2H3. The number of esters is 2. The third-order valence-corrected chi connectivity index (χ3v) is 0.850. The lowest BCUT2D eigenvalue weighted by Gasteiger charge is -1.83. The molecule has 11 heavy (non-hydrogen) atoms. The van der Waals surface area contributed by atoms with Crippen molar-refractivity contribution in [2.24, 2.45) is 0 Å². The highest BCUT2D eigenvalue weighted by molar-refractivity contribution is 6.08. The van der Waals surface area contributed by atoms with Crippen molar-refractivity contribution < 1.29 is 14.3 Å². The molecule has 0 aromatic rings. The quantitative estimate of drug-likeness (QED) is 0.393. The first kappa shape index (κ1) is 9.88. The summed E-state index contributed by atoms with van der Waals surface area (Å²) < 4.78 is 4.10. The molecular weight excluding hydrogens is 144 g/mol. The van der Waals surface area contributed by atoms with Crippen LogP contribution in [-0.4, -0.2) is 11.9 Å². The minimum atomic E-state index is -0.562. The van der Waals surface area contributed by atoms with Crippen LogP contribution in [0.4, 0.5) is 0 Å². The topological polar surface area (TPSA) is 43.4 Å². The van der Waals surface area contributed by atoms with Crippen LogP contribution < -0.4 is 0 Å². The summed E-state index contributed by atoms with van der Waals surface area (Å²) >= 11 is 0. The molecular formula is C8H12O3. The Morgan fingerprint density at radius 1 is 1.36 bits per heavy atom. The van der Waals surface area contributed by atoms with Gasteiger partial charge in [-0.25, -0.2) is 9.59 Å². The number of rotatable bonds is 0. The molecule has 1 aliphatic heterocycles. The number of carbonyl (C=O) groups is 2. The number of cyclic esters (lactones) is 2. The summed E-state index contributed by atoms with van der Waals surface area (Å²) in [6.07, 6.45) is 2.42. The lowest BCUT2D eigenvalue weighted by Crippen LogP contribution is -1.99. The van der Waals surface area contributed by atoms with Crippen LogP contribution in [0.5, 0.6) is 0 Å². The molecule has 3 heteroatoms. The Morgan fingerprint density at radius 3 is 1.91 bits per heavy atom. The maximum absolute atomic E-state index is 10.3. The van der Waals surface area contributed by atoms with Gasteiger partial charge in [0.15, 0.2) is 0 Å². The van der Waals surface area contributed by atoms with E-state index >= 15 is 0 Å². The minimum Gasteiger partial charge on any atom is -0.386 e. The molecule has 0 aromatic heterocycles. The van der Waals surface area contributed by atoms with Crippen LogP contribution in [0.3, 0.4) is 0 Å². The molecule has 0 saturated carbocycles. The Morgan fingerprint density at radius 2 is 1.82 bits per heavy atom. The summed E-state index contributed by atoms with van der Waals surface area (Å²) in [5, 5.41) is 0. The summed E-state index contributed by atoms with van der Waals surface area (Å²) in [6.45, 7) is 5.78. The summed E-state index contributed by atoms with van der Waals surface area (Å²) in [5.41, 5.74) is 0.370. The van der Waals surface area contributed by atoms with Gasteiger partial charge in [-0.1, -0.05) is 20.3 Å². The van der Waals surface area contributed by atoms with E-state index in [4.69, 9.17) is 0 Å². The third-order valence-electron chi connectivity index (χ3n) is 0.850. The molecule has 0 aromatic carbocycles. The van der Waals surface area contributed by atoms with Crippen molar-refractivity contribution in [2.75, 3.05) is 0 Å². The number of hydrogen-bond acceptors (Lipinski definition) is 3. The van der Waals surface area contributed by atoms with Crippen LogP contribution in [0.2, 0.25) is 0 Å². The molecule has 1 rings (SSSR count). The van der Waals surface area contributed by atoms with E-state index in [2.05, 4.69) is 18.6 Å². The molecule has 0 amide bonds. The van der Waals surface area contributed by atoms with Crippen molar-refractivity contribution in [1.82, 2.24) is 0 Å². The number of ether oxygens (including phenoxy) is 1. The first-order valence-corrected chi connectivity index (χ1v) is 3.56. The minimum absolute atomic E-state index is 0.370. The molecule has 0 saturated heterocycles. The Hall–Kier alpha value is -1.12. The van der Waals surface area contributed by atoms with Gasteiger partial charge in [-0.05, 0) is 6.92 Å². The van der Waals surface area contributed by atoms with E-state index in [1.54, 1.807) is 0 Å². The molecule has 0 aliphatic carbocycles. The Kier molecular flexibility index (Phi) is 4.18. The summed E-state index contributed by atoms with van der Waals surface area (Å²) in [6, 6.07) is 0. The van der Waals surface area contributed by atoms with Crippen molar-refractivity contribution in [3.8, 4) is 0 Å². The Balaban J connectivity index is 0.000000292. The monoisotopic (exact) mass is 156 g/mol. The highest BCUT2D eigenvalue weighted by Crippen LogP contribution is 2.04. The average molecular weight is 156 g/mol. The first-order chi connectivity index (χ1) is 5.11. The van der Waals surface area contributed by atoms with Gasteiger partial charge in [0, 0.05) is 11.6 Å². The molecule has 62 valence electrons. The van der Waals surface area contributed by atoms with Crippen LogP contribution >= 0.6 is 0 Å². The zero-order valence-corrected chi connectivity index (χ0v) is 7.01. The van der Waals surface area contributed by atoms with E-state index < -0.39 is 11.9 Å². The van der Waals surface area contributed by atoms with Gasteiger partial charge < -0.3 is 4.74 Å². The molecule has 0 radical (unpaired) electrons. The maximum atomic E-state index is 10.3. The molecule has 0 fully saturated rings. The highest BCUT2D eigenvalue weighted by Gasteiger charge is 2.18. The second-order valence-corrected chi connectivity index (χ2v) is 2.24. The van der Waals surface area contributed by atoms with Gasteiger partial charge in [0.05, 0.1) is 0 Å². The van der Waals surface area contributed by atoms with Crippen molar-refractivity contribution in [2.45, 2.75) is 27.2 Å². The van der Waals surface area contributed by atoms with Crippen LogP contribution in [-0.2, 0) is 14.3 Å². The van der Waals surface area contributed by atoms with Gasteiger partial charge in [0.25, 0.3) is 0 Å². The smallest absolute Gasteiger partial charge is 0.341 e. The van der Waals surface area contributed by atoms with Gasteiger partial charge >= 0.3 is 11.9 Å². The van der Waals surface area contributed by atoms with E-state index in [1.165, 1.54) is 19.4 Å². The summed E-state index contributed by atoms with van der Waals surface area (Å²) in [4.78, 5) is 20.4. The van der Waals surface area contributed by atoms with E-state index in [9.17, 15) is 9.59 Å². The van der Waals surface area contributed by atoms with Crippen molar-refractivity contribution in [3.05, 3.63) is 11.6 Å². The van der Waals surface area contributed by atoms with Gasteiger partial charge in [0.2, 0.25) is 0 Å². The molecule has 0 atom stereocenters. The molecule has 0 bridgehead atoms. The fraction of sp³-hybridized carbons (Fsp3) is 0.500. The van der Waals surface area contributed by atoms with Crippen LogP contribution in [0.25, 0.3) is 0 Å². The lowest BCUT2D eigenvalue weighted by molar-refractivity contribution is -0.150. The van der Waals surface area contributed by atoms with E-state index in [0.717, 1.165) is 0 Å². The van der Waals surface area contributed by atoms with Crippen molar-refractivity contribution in [3.63, 3.8) is 0 Å². The first-order valence-electron chi connectivity index (χ1n) is 3.56. The van der Waals surface area contributed by atoms with Crippen molar-refractivity contribution in [1.29, 1.82) is 0 Å². The highest BCUT2D eigenvalue weighted by atomic mass is 16.6. The fourth-order valence-corrected chi connectivity index (χ4v) is 0.437. The SMILES string of the molecule is CC1=CC(=O)OC1=O.CCC. The van der Waals surface area contributed by atoms with Crippen LogP contribution in [0.1, 0.15) is 27.2 Å². The predicted molar refractivity (Wildman–Crippen MR) is 40.8 cm³/mol. The van der Waals surface area contributed by atoms with E-state index in [0.29, 0.717) is 5.57 Å². The Bertz CT molecular complexity index is 192. The van der Waals surface area contributed by atoms with Gasteiger partial charge in [0.1, 0.15) is 0 Å². The zero-order chi connectivity index (χ0) is 8.85. The van der Waals surface area contributed by atoms with Gasteiger partial charge in [-0.2, -0.15) is 0 Å². The predicted octanol–water partition coefficient (Wildman–Crippen LogP) is 1.43. The van der Waals surface area contributed by atoms with Crippen LogP contribution in [0.15, 0.2) is 11.6 Å². The lowest BCUT2D eigenvalue weighted by atomic mass is 10.3. The number of hydrogen-bond donors (Lipinski definition) is 0. The largest absolute Gasteiger partial charge is 0.386 e. The van der Waals surface area contributed by atoms with Gasteiger partial charge in [-0.15, -0.1) is 0 Å². The molecule has 3 nitrogen and oxygen atoms in total. The molecule has 0 N–H and O–H groups in total. The van der Waals surface area contributed by atoms with E-state index in [1.807, 2.05) is 0 Å². The summed E-state index contributed by atoms with van der Waals surface area (Å²) in [5.74, 6) is -1.09. The average Bonchev–Trinajstić information content (AvgIpc) is 2.12. The normalized spacial score (nSPS) is 15.0. The van der Waals surface area contributed by atoms with Crippen molar-refractivity contribution >= 4 is 11.9 Å². The second kappa shape index (κ2) is 4.66. The fourth-order valence-electron chi connectivity index (χ4n) is 0.437. The third kappa shape index (κ3) is 3.55. The molecule has 1 heterocycles. The second-order valence-electron chi connectivity index (χ2n) is 2.24. The maximum Gasteiger partial charge on any atom is 0.341 e. The Labute approximate surface area is 66.0 Å². The molecule has 1 aliphatic rings. The van der Waals surface area contributed by atoms with Gasteiger partial charge in [-0.3, -0.25) is 0 Å². The van der Waals surface area contributed by atoms with Crippen LogP contribution in [0, 0.1) is 0 Å². The molecule has 0 unspecified atom stereocenters.